The van der Waals surface area contributed by atoms with E-state index in [0.29, 0.717) is 6.04 Å². The number of benzene rings is 1. The van der Waals surface area contributed by atoms with Gasteiger partial charge in [-0.25, -0.2) is 4.98 Å². The van der Waals surface area contributed by atoms with Crippen LogP contribution in [0.3, 0.4) is 0 Å². The molecule has 1 atom stereocenters. The number of amides is 1. The SMILES string of the molecule is CCN1CCCC1CNC(=O)c1ccc2nc(N3CCC(C)CC3)sc2c1. The Morgan fingerprint density at radius 1 is 1.26 bits per heavy atom. The third kappa shape index (κ3) is 4.11. The van der Waals surface area contributed by atoms with E-state index in [9.17, 15) is 4.79 Å². The number of likely N-dealkylation sites (N-methyl/N-ethyl adjacent to an activating group) is 1. The van der Waals surface area contributed by atoms with Gasteiger partial charge in [0.1, 0.15) is 0 Å². The second kappa shape index (κ2) is 8.15. The molecule has 0 aliphatic carbocycles. The van der Waals surface area contributed by atoms with Crippen molar-refractivity contribution in [1.29, 1.82) is 0 Å². The van der Waals surface area contributed by atoms with Crippen molar-refractivity contribution in [2.24, 2.45) is 5.92 Å². The molecule has 1 aromatic heterocycles. The summed E-state index contributed by atoms with van der Waals surface area (Å²) in [7, 11) is 0. The summed E-state index contributed by atoms with van der Waals surface area (Å²) < 4.78 is 1.10. The van der Waals surface area contributed by atoms with Gasteiger partial charge in [-0.15, -0.1) is 0 Å². The second-order valence-corrected chi connectivity index (χ2v) is 8.99. The molecule has 2 aromatic rings. The van der Waals surface area contributed by atoms with E-state index in [0.717, 1.165) is 59.6 Å². The molecule has 2 aliphatic rings. The van der Waals surface area contributed by atoms with E-state index in [1.165, 1.54) is 25.7 Å². The van der Waals surface area contributed by atoms with Crippen LogP contribution in [0.15, 0.2) is 18.2 Å². The number of piperidine rings is 1. The van der Waals surface area contributed by atoms with Gasteiger partial charge in [0, 0.05) is 31.2 Å². The summed E-state index contributed by atoms with van der Waals surface area (Å²) in [4.78, 5) is 22.3. The molecule has 1 unspecified atom stereocenters. The Morgan fingerprint density at radius 3 is 2.85 bits per heavy atom. The molecule has 2 fully saturated rings. The number of anilines is 1. The molecule has 27 heavy (non-hydrogen) atoms. The molecule has 3 heterocycles. The lowest BCUT2D eigenvalue weighted by molar-refractivity contribution is 0.0941. The van der Waals surface area contributed by atoms with Crippen molar-refractivity contribution in [3.63, 3.8) is 0 Å². The summed E-state index contributed by atoms with van der Waals surface area (Å²) in [5, 5.41) is 4.23. The van der Waals surface area contributed by atoms with Crippen molar-refractivity contribution in [2.75, 3.05) is 37.6 Å². The highest BCUT2D eigenvalue weighted by molar-refractivity contribution is 7.22. The zero-order valence-electron chi connectivity index (χ0n) is 16.4. The highest BCUT2D eigenvalue weighted by Gasteiger charge is 2.23. The Kier molecular flexibility index (Phi) is 5.64. The lowest BCUT2D eigenvalue weighted by Crippen LogP contribution is -2.40. The summed E-state index contributed by atoms with van der Waals surface area (Å²) in [6.45, 7) is 9.65. The van der Waals surface area contributed by atoms with Gasteiger partial charge >= 0.3 is 0 Å². The quantitative estimate of drug-likeness (QED) is 0.850. The van der Waals surface area contributed by atoms with Crippen LogP contribution < -0.4 is 10.2 Å². The normalized spacial score (nSPS) is 21.9. The van der Waals surface area contributed by atoms with Gasteiger partial charge in [-0.3, -0.25) is 9.69 Å². The maximum atomic E-state index is 12.6. The monoisotopic (exact) mass is 386 g/mol. The molecule has 2 aliphatic heterocycles. The third-order valence-electron chi connectivity index (χ3n) is 6.10. The fourth-order valence-corrected chi connectivity index (χ4v) is 5.30. The fraction of sp³-hybridized carbons (Fsp3) is 0.619. The minimum atomic E-state index is 0.0293. The molecule has 5 nitrogen and oxygen atoms in total. The Morgan fingerprint density at radius 2 is 2.07 bits per heavy atom. The van der Waals surface area contributed by atoms with E-state index >= 15 is 0 Å². The van der Waals surface area contributed by atoms with Gasteiger partial charge in [-0.05, 0) is 62.9 Å². The zero-order valence-corrected chi connectivity index (χ0v) is 17.2. The van der Waals surface area contributed by atoms with Crippen LogP contribution in [0.1, 0.15) is 49.9 Å². The average Bonchev–Trinajstić information content (AvgIpc) is 3.32. The van der Waals surface area contributed by atoms with Crippen molar-refractivity contribution in [3.8, 4) is 0 Å². The Bertz CT molecular complexity index is 797. The highest BCUT2D eigenvalue weighted by atomic mass is 32.1. The Balaban J connectivity index is 1.42. The summed E-state index contributed by atoms with van der Waals surface area (Å²) in [6.07, 6.45) is 4.89. The van der Waals surface area contributed by atoms with Gasteiger partial charge in [0.15, 0.2) is 5.13 Å². The average molecular weight is 387 g/mol. The first-order valence-electron chi connectivity index (χ1n) is 10.3. The lowest BCUT2D eigenvalue weighted by Gasteiger charge is -2.29. The first kappa shape index (κ1) is 18.7. The van der Waals surface area contributed by atoms with E-state index in [1.807, 2.05) is 18.2 Å². The van der Waals surface area contributed by atoms with Gasteiger partial charge in [0.05, 0.1) is 10.2 Å². The topological polar surface area (TPSA) is 48.5 Å². The molecular formula is C21H30N4OS. The van der Waals surface area contributed by atoms with Crippen LogP contribution in [0.4, 0.5) is 5.13 Å². The predicted octanol–water partition coefficient (Wildman–Crippen LogP) is 3.75. The summed E-state index contributed by atoms with van der Waals surface area (Å²) >= 11 is 1.71. The van der Waals surface area contributed by atoms with Crippen LogP contribution in [-0.4, -0.2) is 54.6 Å². The maximum Gasteiger partial charge on any atom is 0.251 e. The highest BCUT2D eigenvalue weighted by Crippen LogP contribution is 2.32. The molecule has 2 saturated heterocycles. The molecule has 1 N–H and O–H groups in total. The van der Waals surface area contributed by atoms with Gasteiger partial charge in [0.2, 0.25) is 0 Å². The fourth-order valence-electron chi connectivity index (χ4n) is 4.24. The van der Waals surface area contributed by atoms with Crippen molar-refractivity contribution < 1.29 is 4.79 Å². The number of hydrogen-bond donors (Lipinski definition) is 1. The molecule has 0 radical (unpaired) electrons. The van der Waals surface area contributed by atoms with Crippen molar-refractivity contribution in [3.05, 3.63) is 23.8 Å². The van der Waals surface area contributed by atoms with Crippen LogP contribution in [0.25, 0.3) is 10.2 Å². The number of carbonyl (C=O) groups excluding carboxylic acids is 1. The first-order chi connectivity index (χ1) is 13.1. The van der Waals surface area contributed by atoms with Crippen LogP contribution in [0, 0.1) is 5.92 Å². The first-order valence-corrected chi connectivity index (χ1v) is 11.1. The number of rotatable bonds is 5. The van der Waals surface area contributed by atoms with E-state index in [2.05, 4.69) is 29.0 Å². The predicted molar refractivity (Wildman–Crippen MR) is 113 cm³/mol. The van der Waals surface area contributed by atoms with Gasteiger partial charge in [-0.2, -0.15) is 0 Å². The molecule has 0 bridgehead atoms. The molecular weight excluding hydrogens is 356 g/mol. The zero-order chi connectivity index (χ0) is 18.8. The molecule has 0 saturated carbocycles. The number of fused-ring (bicyclic) bond motifs is 1. The van der Waals surface area contributed by atoms with Crippen LogP contribution >= 0.6 is 11.3 Å². The van der Waals surface area contributed by atoms with Crippen molar-refractivity contribution in [2.45, 2.75) is 45.6 Å². The molecule has 6 heteroatoms. The summed E-state index contributed by atoms with van der Waals surface area (Å²) in [5.41, 5.74) is 1.74. The minimum Gasteiger partial charge on any atom is -0.350 e. The molecule has 146 valence electrons. The standard InChI is InChI=1S/C21H30N4OS/c1-3-24-10-4-5-17(24)14-22-20(26)16-6-7-18-19(13-16)27-21(23-18)25-11-8-15(2)9-12-25/h6-7,13,15,17H,3-5,8-12,14H2,1-2H3,(H,22,26). The summed E-state index contributed by atoms with van der Waals surface area (Å²) in [5.74, 6) is 0.844. The molecule has 4 rings (SSSR count). The molecule has 0 spiro atoms. The Labute approximate surface area is 165 Å². The van der Waals surface area contributed by atoms with Gasteiger partial charge < -0.3 is 10.2 Å². The molecule has 1 amide bonds. The van der Waals surface area contributed by atoms with Crippen LogP contribution in [0.2, 0.25) is 0 Å². The number of hydrogen-bond acceptors (Lipinski definition) is 5. The van der Waals surface area contributed by atoms with Crippen LogP contribution in [-0.2, 0) is 0 Å². The van der Waals surface area contributed by atoms with E-state index in [-0.39, 0.29) is 5.91 Å². The van der Waals surface area contributed by atoms with Crippen molar-refractivity contribution >= 4 is 32.6 Å². The van der Waals surface area contributed by atoms with Crippen LogP contribution in [0.5, 0.6) is 0 Å². The number of likely N-dealkylation sites (tertiary alicyclic amines) is 1. The minimum absolute atomic E-state index is 0.0293. The number of thiazole rings is 1. The summed E-state index contributed by atoms with van der Waals surface area (Å²) in [6, 6.07) is 6.39. The molecule has 1 aromatic carbocycles. The smallest absolute Gasteiger partial charge is 0.251 e. The number of carbonyl (C=O) groups is 1. The van der Waals surface area contributed by atoms with E-state index in [4.69, 9.17) is 4.98 Å². The lowest BCUT2D eigenvalue weighted by atomic mass is 10.00. The number of aromatic nitrogens is 1. The number of nitrogens with zero attached hydrogens (tertiary/aromatic N) is 3. The van der Waals surface area contributed by atoms with Gasteiger partial charge in [-0.1, -0.05) is 25.2 Å². The largest absolute Gasteiger partial charge is 0.350 e. The maximum absolute atomic E-state index is 12.6. The van der Waals surface area contributed by atoms with E-state index in [1.54, 1.807) is 11.3 Å². The van der Waals surface area contributed by atoms with E-state index < -0.39 is 0 Å². The number of nitrogens with one attached hydrogen (secondary N) is 1. The third-order valence-corrected chi connectivity index (χ3v) is 7.18. The van der Waals surface area contributed by atoms with Gasteiger partial charge in [0.25, 0.3) is 5.91 Å². The second-order valence-electron chi connectivity index (χ2n) is 7.98. The van der Waals surface area contributed by atoms with Crippen molar-refractivity contribution in [1.82, 2.24) is 15.2 Å². The Hall–Kier alpha value is -1.66.